The van der Waals surface area contributed by atoms with Crippen molar-refractivity contribution in [3.63, 3.8) is 0 Å². The first kappa shape index (κ1) is 58.9. The molecule has 0 saturated carbocycles. The summed E-state index contributed by atoms with van der Waals surface area (Å²) in [6.45, 7) is 0. The number of fused-ring (bicyclic) bond motifs is 6. The molecule has 2 aromatic heterocycles. The Labute approximate surface area is 570 Å². The van der Waals surface area contributed by atoms with Gasteiger partial charge in [0.2, 0.25) is 0 Å². The smallest absolute Gasteiger partial charge is 0.164 e. The van der Waals surface area contributed by atoms with Gasteiger partial charge in [0.25, 0.3) is 0 Å². The lowest BCUT2D eigenvalue weighted by Gasteiger charge is -2.34. The molecule has 0 atom stereocenters. The second-order valence-electron chi connectivity index (χ2n) is 24.7. The van der Waals surface area contributed by atoms with Crippen molar-refractivity contribution in [3.05, 3.63) is 421 Å². The van der Waals surface area contributed by atoms with Crippen molar-refractivity contribution in [2.45, 2.75) is 10.8 Å². The van der Waals surface area contributed by atoms with Gasteiger partial charge in [-0.1, -0.05) is 370 Å². The van der Waals surface area contributed by atoms with Crippen LogP contribution in [-0.2, 0) is 10.8 Å². The zero-order chi connectivity index (χ0) is 65.2. The maximum atomic E-state index is 5.31. The van der Waals surface area contributed by atoms with Crippen molar-refractivity contribution in [1.29, 1.82) is 0 Å². The molecule has 0 unspecified atom stereocenters. The molecule has 0 bridgehead atoms. The van der Waals surface area contributed by atoms with E-state index in [0.717, 1.165) is 61.2 Å². The van der Waals surface area contributed by atoms with Gasteiger partial charge in [0, 0.05) is 33.4 Å². The molecule has 460 valence electrons. The van der Waals surface area contributed by atoms with Crippen LogP contribution in [0, 0.1) is 0 Å². The lowest BCUT2D eigenvalue weighted by Crippen LogP contribution is -2.28. The number of nitrogens with zero attached hydrogens (tertiary/aromatic N) is 6. The number of hydrogen-bond acceptors (Lipinski definition) is 6. The summed E-state index contributed by atoms with van der Waals surface area (Å²) in [5.74, 6) is 3.86. The van der Waals surface area contributed by atoms with Crippen LogP contribution >= 0.6 is 0 Å². The highest BCUT2D eigenvalue weighted by Crippen LogP contribution is 2.59. The standard InChI is InChI=1S/2C46H31N3/c1-5-18-32(19-6-1)36-26-13-14-27-37(36)44-47-43(33-20-7-2-8-21-33)48-45(49-44)39-29-17-31-41-42(39)38-28-15-16-30-40(38)46(41,34-22-9-3-10-23-34)35-24-11-4-12-25-35;1-5-17-32(18-6-1)37-25-13-14-27-40(37)45-48-43(33-19-7-2-8-20-33)47-44(49-45)34-29-30-39-38-26-15-16-28-41(38)46(42(39)31-34,35-21-9-3-10-22-35)36-23-11-4-12-24-36/h2*1-31H. The monoisotopic (exact) mass is 1250 g/mol. The Morgan fingerprint density at radius 1 is 0.153 bits per heavy atom. The highest BCUT2D eigenvalue weighted by Gasteiger charge is 2.48. The summed E-state index contributed by atoms with van der Waals surface area (Å²) in [6, 6.07) is 132. The van der Waals surface area contributed by atoms with Gasteiger partial charge in [0.05, 0.1) is 10.8 Å². The molecule has 0 fully saturated rings. The zero-order valence-electron chi connectivity index (χ0n) is 53.5. The van der Waals surface area contributed by atoms with Gasteiger partial charge in [-0.25, -0.2) is 29.9 Å². The minimum atomic E-state index is -0.511. The molecule has 0 radical (unpaired) electrons. The van der Waals surface area contributed by atoms with E-state index < -0.39 is 10.8 Å². The van der Waals surface area contributed by atoms with Crippen LogP contribution in [0.3, 0.4) is 0 Å². The fourth-order valence-corrected chi connectivity index (χ4v) is 15.0. The summed E-state index contributed by atoms with van der Waals surface area (Å²) < 4.78 is 0. The van der Waals surface area contributed by atoms with Gasteiger partial charge in [-0.15, -0.1) is 0 Å². The summed E-state index contributed by atoms with van der Waals surface area (Å²) in [4.78, 5) is 31.1. The van der Waals surface area contributed by atoms with Gasteiger partial charge in [0.1, 0.15) is 0 Å². The Bertz CT molecular complexity index is 5380. The van der Waals surface area contributed by atoms with Gasteiger partial charge in [-0.2, -0.15) is 0 Å². The van der Waals surface area contributed by atoms with Crippen LogP contribution in [0.1, 0.15) is 44.5 Å². The van der Waals surface area contributed by atoms with Crippen LogP contribution in [0.25, 0.3) is 113 Å². The van der Waals surface area contributed by atoms with Gasteiger partial charge < -0.3 is 0 Å². The first-order valence-electron chi connectivity index (χ1n) is 33.3. The largest absolute Gasteiger partial charge is 0.208 e. The fraction of sp³-hybridized carbons (Fsp3) is 0.0217. The van der Waals surface area contributed by atoms with E-state index in [9.17, 15) is 0 Å². The van der Waals surface area contributed by atoms with E-state index in [-0.39, 0.29) is 0 Å². The van der Waals surface area contributed by atoms with E-state index in [2.05, 4.69) is 322 Å². The number of aromatic nitrogens is 6. The lowest BCUT2D eigenvalue weighted by atomic mass is 9.67. The summed E-state index contributed by atoms with van der Waals surface area (Å²) in [5.41, 5.74) is 23.8. The predicted octanol–water partition coefficient (Wildman–Crippen LogP) is 21.8. The molecular weight excluding hydrogens is 1190 g/mol. The van der Waals surface area contributed by atoms with Crippen LogP contribution in [0.5, 0.6) is 0 Å². The van der Waals surface area contributed by atoms with Crippen molar-refractivity contribution < 1.29 is 0 Å². The van der Waals surface area contributed by atoms with E-state index in [0.29, 0.717) is 34.9 Å². The van der Waals surface area contributed by atoms with Crippen molar-refractivity contribution in [2.24, 2.45) is 0 Å². The molecule has 0 amide bonds. The van der Waals surface area contributed by atoms with Crippen LogP contribution in [0.4, 0.5) is 0 Å². The molecule has 0 spiro atoms. The third kappa shape index (κ3) is 10.2. The second-order valence-corrected chi connectivity index (χ2v) is 24.7. The quantitative estimate of drug-likeness (QED) is 0.121. The molecule has 2 heterocycles. The van der Waals surface area contributed by atoms with Gasteiger partial charge in [0.15, 0.2) is 34.9 Å². The maximum absolute atomic E-state index is 5.31. The van der Waals surface area contributed by atoms with Crippen molar-refractivity contribution in [2.75, 3.05) is 0 Å². The Balaban J connectivity index is 0.000000147. The highest BCUT2D eigenvalue weighted by atomic mass is 15.0. The van der Waals surface area contributed by atoms with E-state index in [1.807, 2.05) is 54.6 Å². The number of rotatable bonds is 12. The molecule has 0 saturated heterocycles. The average molecular weight is 1250 g/mol. The van der Waals surface area contributed by atoms with Crippen LogP contribution in [-0.4, -0.2) is 29.9 Å². The Hall–Kier alpha value is -12.9. The average Bonchev–Trinajstić information content (AvgIpc) is 1.54. The SMILES string of the molecule is c1ccc(-c2nc(-c3ccc4c(c3)C(c3ccccc3)(c3ccccc3)c3ccccc3-4)nc(-c3ccccc3-c3ccccc3)n2)cc1.c1ccc(-c2nc(-c3ccccc3-c3ccccc3)nc(-c3cccc4c3-c3ccccc3C4(c3ccccc3)c3ccccc3)n2)cc1. The summed E-state index contributed by atoms with van der Waals surface area (Å²) in [6.07, 6.45) is 0. The van der Waals surface area contributed by atoms with Crippen molar-refractivity contribution in [3.8, 4) is 113 Å². The Morgan fingerprint density at radius 3 is 0.867 bits per heavy atom. The van der Waals surface area contributed by atoms with Crippen molar-refractivity contribution >= 4 is 0 Å². The van der Waals surface area contributed by atoms with E-state index in [1.54, 1.807) is 0 Å². The molecule has 2 aliphatic rings. The second kappa shape index (κ2) is 25.4. The molecule has 2 aliphatic carbocycles. The number of benzene rings is 14. The van der Waals surface area contributed by atoms with Gasteiger partial charge in [-0.05, 0) is 95.1 Å². The molecule has 6 nitrogen and oxygen atoms in total. The van der Waals surface area contributed by atoms with Gasteiger partial charge >= 0.3 is 0 Å². The Morgan fingerprint density at radius 2 is 0.429 bits per heavy atom. The molecule has 98 heavy (non-hydrogen) atoms. The minimum absolute atomic E-state index is 0.511. The number of hydrogen-bond donors (Lipinski definition) is 0. The molecular formula is C92H62N6. The summed E-state index contributed by atoms with van der Waals surface area (Å²) in [7, 11) is 0. The predicted molar refractivity (Wildman–Crippen MR) is 398 cm³/mol. The molecule has 18 rings (SSSR count). The normalized spacial score (nSPS) is 12.7. The minimum Gasteiger partial charge on any atom is -0.208 e. The third-order valence-corrected chi connectivity index (χ3v) is 19.3. The third-order valence-electron chi connectivity index (χ3n) is 19.3. The lowest BCUT2D eigenvalue weighted by molar-refractivity contribution is 0.768. The van der Waals surface area contributed by atoms with E-state index >= 15 is 0 Å². The van der Waals surface area contributed by atoms with E-state index in [1.165, 1.54) is 61.2 Å². The zero-order valence-corrected chi connectivity index (χ0v) is 53.5. The first-order valence-corrected chi connectivity index (χ1v) is 33.3. The Kier molecular flexibility index (Phi) is 15.3. The van der Waals surface area contributed by atoms with Gasteiger partial charge in [-0.3, -0.25) is 0 Å². The topological polar surface area (TPSA) is 77.3 Å². The van der Waals surface area contributed by atoms with Crippen LogP contribution in [0.2, 0.25) is 0 Å². The first-order chi connectivity index (χ1) is 48.6. The van der Waals surface area contributed by atoms with Crippen molar-refractivity contribution in [1.82, 2.24) is 29.9 Å². The molecule has 6 heteroatoms. The van der Waals surface area contributed by atoms with Crippen LogP contribution in [0.15, 0.2) is 376 Å². The highest BCUT2D eigenvalue weighted by molar-refractivity contribution is 5.95. The molecule has 0 aliphatic heterocycles. The molecule has 16 aromatic rings. The molecule has 0 N–H and O–H groups in total. The molecule has 14 aromatic carbocycles. The summed E-state index contributed by atoms with van der Waals surface area (Å²) in [5, 5.41) is 0. The van der Waals surface area contributed by atoms with Crippen LogP contribution < -0.4 is 0 Å². The summed E-state index contributed by atoms with van der Waals surface area (Å²) >= 11 is 0. The van der Waals surface area contributed by atoms with E-state index in [4.69, 9.17) is 29.9 Å². The maximum Gasteiger partial charge on any atom is 0.164 e. The fourth-order valence-electron chi connectivity index (χ4n) is 15.0.